The van der Waals surface area contributed by atoms with Crippen LogP contribution in [0.4, 0.5) is 0 Å². The largest absolute Gasteiger partial charge is 0.294 e. The van der Waals surface area contributed by atoms with Crippen molar-refractivity contribution in [2.75, 3.05) is 0 Å². The Labute approximate surface area is 297 Å². The number of Topliss-reactive ketones (excluding diaryl/α,β-unsaturated/α-hetero) is 1. The SMILES string of the molecule is CCCCCCCCCc1cc(C=CC(=S)C2=CC=C(CCC)CC2=O)cc(CCCCCCCCC)c1CCCCCCCCC. The van der Waals surface area contributed by atoms with Gasteiger partial charge in [-0.3, -0.25) is 4.79 Å². The lowest BCUT2D eigenvalue weighted by Crippen LogP contribution is -2.13. The average molecular weight is 661 g/mol. The van der Waals surface area contributed by atoms with E-state index in [0.29, 0.717) is 16.9 Å². The summed E-state index contributed by atoms with van der Waals surface area (Å²) in [4.78, 5) is 13.6. The standard InChI is InChI=1S/C45H72OS/c1-5-9-12-15-18-21-24-28-40-35-39(32-34-45(47)43-33-31-38(27-8-4)37-44(43)46)36-41(29-25-22-19-16-13-10-6-2)42(40)30-26-23-20-17-14-11-7-3/h31-36H,5-30,37H2,1-4H3. The van der Waals surface area contributed by atoms with E-state index < -0.39 is 0 Å². The van der Waals surface area contributed by atoms with Gasteiger partial charge in [0.1, 0.15) is 0 Å². The molecule has 0 spiro atoms. The molecule has 2 heteroatoms. The number of carbonyl (C=O) groups is 1. The third-order valence-electron chi connectivity index (χ3n) is 10.0. The molecule has 1 aromatic carbocycles. The maximum atomic E-state index is 12.9. The van der Waals surface area contributed by atoms with E-state index in [1.54, 1.807) is 16.7 Å². The molecule has 0 aromatic heterocycles. The van der Waals surface area contributed by atoms with Crippen LogP contribution < -0.4 is 0 Å². The highest BCUT2D eigenvalue weighted by Crippen LogP contribution is 2.27. The van der Waals surface area contributed by atoms with Crippen molar-refractivity contribution in [2.45, 2.75) is 201 Å². The summed E-state index contributed by atoms with van der Waals surface area (Å²) in [6.07, 6.45) is 42.9. The summed E-state index contributed by atoms with van der Waals surface area (Å²) in [5.74, 6) is 0.176. The van der Waals surface area contributed by atoms with E-state index in [9.17, 15) is 4.79 Å². The van der Waals surface area contributed by atoms with E-state index >= 15 is 0 Å². The zero-order valence-corrected chi connectivity index (χ0v) is 32.2. The molecule has 0 N–H and O–H groups in total. The highest BCUT2D eigenvalue weighted by Gasteiger charge is 2.18. The van der Waals surface area contributed by atoms with Crippen molar-refractivity contribution in [1.29, 1.82) is 0 Å². The van der Waals surface area contributed by atoms with Gasteiger partial charge in [-0.15, -0.1) is 0 Å². The van der Waals surface area contributed by atoms with Gasteiger partial charge in [-0.1, -0.05) is 192 Å². The van der Waals surface area contributed by atoms with Crippen LogP contribution in [0.25, 0.3) is 6.08 Å². The van der Waals surface area contributed by atoms with Gasteiger partial charge in [0.05, 0.1) is 0 Å². The van der Waals surface area contributed by atoms with E-state index in [-0.39, 0.29) is 5.78 Å². The molecule has 1 aliphatic rings. The van der Waals surface area contributed by atoms with Crippen LogP contribution >= 0.6 is 12.2 Å². The smallest absolute Gasteiger partial charge is 0.168 e. The molecule has 0 heterocycles. The monoisotopic (exact) mass is 661 g/mol. The number of rotatable bonds is 29. The lowest BCUT2D eigenvalue weighted by molar-refractivity contribution is -0.114. The summed E-state index contributed by atoms with van der Waals surface area (Å²) in [6, 6.07) is 4.94. The van der Waals surface area contributed by atoms with Crippen LogP contribution in [0.15, 0.2) is 41.5 Å². The number of benzene rings is 1. The van der Waals surface area contributed by atoms with Gasteiger partial charge in [0.15, 0.2) is 5.78 Å². The molecule has 264 valence electrons. The Morgan fingerprint density at radius 1 is 0.574 bits per heavy atom. The van der Waals surface area contributed by atoms with Crippen molar-refractivity contribution in [3.63, 3.8) is 0 Å². The van der Waals surface area contributed by atoms with Crippen molar-refractivity contribution in [3.8, 4) is 0 Å². The number of hydrogen-bond donors (Lipinski definition) is 0. The number of ketones is 1. The molecule has 0 aliphatic heterocycles. The number of unbranched alkanes of at least 4 members (excludes halogenated alkanes) is 18. The first kappa shape index (κ1) is 41.4. The first-order chi connectivity index (χ1) is 23.0. The summed E-state index contributed by atoms with van der Waals surface area (Å²) < 4.78 is 0. The predicted molar refractivity (Wildman–Crippen MR) is 214 cm³/mol. The summed E-state index contributed by atoms with van der Waals surface area (Å²) >= 11 is 5.81. The fraction of sp³-hybridized carbons (Fsp3) is 0.689. The molecule has 0 unspecified atom stereocenters. The Bertz CT molecular complexity index is 1060. The summed E-state index contributed by atoms with van der Waals surface area (Å²) in [5, 5.41) is 0. The van der Waals surface area contributed by atoms with Gasteiger partial charge in [-0.05, 0) is 79.4 Å². The third-order valence-corrected chi connectivity index (χ3v) is 10.4. The van der Waals surface area contributed by atoms with Crippen LogP contribution in [0.1, 0.15) is 204 Å². The quantitative estimate of drug-likeness (QED) is 0.0483. The van der Waals surface area contributed by atoms with Crippen molar-refractivity contribution >= 4 is 28.9 Å². The predicted octanol–water partition coefficient (Wildman–Crippen LogP) is 14.6. The Balaban J connectivity index is 2.24. The average Bonchev–Trinajstić information content (AvgIpc) is 3.07. The first-order valence-electron chi connectivity index (χ1n) is 20.3. The maximum Gasteiger partial charge on any atom is 0.168 e. The fourth-order valence-corrected chi connectivity index (χ4v) is 7.37. The highest BCUT2D eigenvalue weighted by atomic mass is 32.1. The van der Waals surface area contributed by atoms with Crippen molar-refractivity contribution in [1.82, 2.24) is 0 Å². The van der Waals surface area contributed by atoms with E-state index in [4.69, 9.17) is 12.2 Å². The number of thiocarbonyl (C=S) groups is 1. The number of aryl methyl sites for hydroxylation is 2. The lowest BCUT2D eigenvalue weighted by atomic mass is 9.88. The van der Waals surface area contributed by atoms with Gasteiger partial charge in [0, 0.05) is 16.9 Å². The van der Waals surface area contributed by atoms with Crippen LogP contribution in [0.3, 0.4) is 0 Å². The Hall–Kier alpha value is -1.80. The fourth-order valence-electron chi connectivity index (χ4n) is 7.12. The van der Waals surface area contributed by atoms with Crippen LogP contribution in [-0.4, -0.2) is 10.6 Å². The zero-order valence-electron chi connectivity index (χ0n) is 31.4. The molecule has 0 amide bonds. The first-order valence-corrected chi connectivity index (χ1v) is 20.7. The maximum absolute atomic E-state index is 12.9. The van der Waals surface area contributed by atoms with Gasteiger partial charge in [0.2, 0.25) is 0 Å². The molecule has 0 saturated carbocycles. The van der Waals surface area contributed by atoms with Gasteiger partial charge < -0.3 is 0 Å². The van der Waals surface area contributed by atoms with E-state index in [2.05, 4.69) is 52.0 Å². The van der Waals surface area contributed by atoms with Gasteiger partial charge in [-0.25, -0.2) is 0 Å². The second kappa shape index (κ2) is 27.1. The van der Waals surface area contributed by atoms with Crippen LogP contribution in [0, 0.1) is 0 Å². The zero-order chi connectivity index (χ0) is 34.0. The minimum atomic E-state index is 0.176. The Kier molecular flexibility index (Phi) is 23.8. The minimum Gasteiger partial charge on any atom is -0.294 e. The number of hydrogen-bond acceptors (Lipinski definition) is 2. The molecule has 1 aliphatic carbocycles. The van der Waals surface area contributed by atoms with Crippen molar-refractivity contribution in [2.24, 2.45) is 0 Å². The molecule has 0 fully saturated rings. The van der Waals surface area contributed by atoms with Crippen LogP contribution in [-0.2, 0) is 24.1 Å². The molecule has 0 radical (unpaired) electrons. The second-order valence-corrected chi connectivity index (χ2v) is 14.8. The molecule has 1 nitrogen and oxygen atoms in total. The molecule has 0 saturated heterocycles. The summed E-state index contributed by atoms with van der Waals surface area (Å²) in [6.45, 7) is 9.07. The molecule has 0 atom stereocenters. The van der Waals surface area contributed by atoms with E-state index in [0.717, 1.165) is 12.8 Å². The number of allylic oxidation sites excluding steroid dienone is 5. The summed E-state index contributed by atoms with van der Waals surface area (Å²) in [7, 11) is 0. The van der Waals surface area contributed by atoms with Gasteiger partial charge in [-0.2, -0.15) is 0 Å². The third kappa shape index (κ3) is 18.0. The summed E-state index contributed by atoms with van der Waals surface area (Å²) in [5.41, 5.74) is 8.02. The normalized spacial score (nSPS) is 13.4. The van der Waals surface area contributed by atoms with E-state index in [1.807, 2.05) is 12.2 Å². The Morgan fingerprint density at radius 2 is 1.02 bits per heavy atom. The molecule has 2 rings (SSSR count). The van der Waals surface area contributed by atoms with Gasteiger partial charge in [0.25, 0.3) is 0 Å². The minimum absolute atomic E-state index is 0.176. The van der Waals surface area contributed by atoms with Crippen molar-refractivity contribution in [3.05, 3.63) is 63.8 Å². The van der Waals surface area contributed by atoms with E-state index in [1.165, 1.54) is 165 Å². The van der Waals surface area contributed by atoms with Crippen LogP contribution in [0.5, 0.6) is 0 Å². The lowest BCUT2D eigenvalue weighted by Gasteiger charge is -2.18. The molecule has 1 aromatic rings. The molecular formula is C45H72OS. The second-order valence-electron chi connectivity index (χ2n) is 14.4. The molecule has 0 bridgehead atoms. The van der Waals surface area contributed by atoms with Crippen molar-refractivity contribution < 1.29 is 4.79 Å². The molecular weight excluding hydrogens is 589 g/mol. The highest BCUT2D eigenvalue weighted by molar-refractivity contribution is 7.81. The molecule has 47 heavy (non-hydrogen) atoms. The van der Waals surface area contributed by atoms with Gasteiger partial charge >= 0.3 is 0 Å². The number of carbonyl (C=O) groups excluding carboxylic acids is 1. The Morgan fingerprint density at radius 3 is 1.47 bits per heavy atom. The van der Waals surface area contributed by atoms with Crippen LogP contribution in [0.2, 0.25) is 0 Å². The topological polar surface area (TPSA) is 17.1 Å².